The van der Waals surface area contributed by atoms with Crippen molar-refractivity contribution in [1.29, 1.82) is 0 Å². The second-order valence-electron chi connectivity index (χ2n) is 8.37. The van der Waals surface area contributed by atoms with E-state index in [1.54, 1.807) is 0 Å². The number of rotatable bonds is 8. The highest BCUT2D eigenvalue weighted by Crippen LogP contribution is 2.42. The third-order valence-electron chi connectivity index (χ3n) is 6.41. The summed E-state index contributed by atoms with van der Waals surface area (Å²) in [6.07, 6.45) is 8.71. The van der Waals surface area contributed by atoms with Gasteiger partial charge in [0, 0.05) is 12.8 Å². The molecule has 0 aliphatic heterocycles. The van der Waals surface area contributed by atoms with Crippen LogP contribution in [-0.2, 0) is 29.0 Å². The zero-order valence-electron chi connectivity index (χ0n) is 17.3. The molecule has 0 heterocycles. The van der Waals surface area contributed by atoms with Crippen molar-refractivity contribution < 1.29 is 29.0 Å². The fourth-order valence-electron chi connectivity index (χ4n) is 4.67. The van der Waals surface area contributed by atoms with Gasteiger partial charge in [-0.15, -0.1) is 0 Å². The third kappa shape index (κ3) is 4.64. The van der Waals surface area contributed by atoms with Crippen molar-refractivity contribution in [2.75, 3.05) is 0 Å². The van der Waals surface area contributed by atoms with Crippen LogP contribution in [0.4, 0.5) is 0 Å². The van der Waals surface area contributed by atoms with Gasteiger partial charge >= 0.3 is 11.9 Å². The molecule has 2 rings (SSSR count). The molecular formula is C22H34O6. The van der Waals surface area contributed by atoms with E-state index in [-0.39, 0.29) is 11.6 Å². The molecule has 2 saturated carbocycles. The van der Waals surface area contributed by atoms with Crippen LogP contribution in [0.25, 0.3) is 0 Å². The van der Waals surface area contributed by atoms with Gasteiger partial charge in [-0.3, -0.25) is 9.59 Å². The topological polar surface area (TPSA) is 86.7 Å². The van der Waals surface area contributed by atoms with E-state index >= 15 is 0 Å². The normalized spacial score (nSPS) is 20.8. The molecule has 0 radical (unpaired) electrons. The molecule has 0 amide bonds. The number of hydrogen-bond donors (Lipinski definition) is 0. The van der Waals surface area contributed by atoms with E-state index in [2.05, 4.69) is 0 Å². The van der Waals surface area contributed by atoms with Crippen LogP contribution >= 0.6 is 0 Å². The molecule has 0 bridgehead atoms. The summed E-state index contributed by atoms with van der Waals surface area (Å²) < 4.78 is 0. The Kier molecular flexibility index (Phi) is 8.20. The summed E-state index contributed by atoms with van der Waals surface area (Å²) in [6.45, 7) is 3.79. The molecular weight excluding hydrogens is 360 g/mol. The number of carbonyl (C=O) groups excluding carboxylic acids is 4. The van der Waals surface area contributed by atoms with Gasteiger partial charge in [0.2, 0.25) is 0 Å². The first-order valence-electron chi connectivity index (χ1n) is 10.9. The van der Waals surface area contributed by atoms with Crippen LogP contribution in [0.2, 0.25) is 0 Å². The summed E-state index contributed by atoms with van der Waals surface area (Å²) in [4.78, 5) is 60.9. The largest absolute Gasteiger partial charge is 0.369 e. The summed E-state index contributed by atoms with van der Waals surface area (Å²) in [5, 5.41) is 0. The minimum atomic E-state index is -1.21. The van der Waals surface area contributed by atoms with Gasteiger partial charge in [-0.2, -0.15) is 0 Å². The fourth-order valence-corrected chi connectivity index (χ4v) is 4.67. The number of hydrogen-bond acceptors (Lipinski definition) is 6. The Balaban J connectivity index is 2.10. The lowest BCUT2D eigenvalue weighted by Gasteiger charge is -2.34. The number of ketones is 2. The van der Waals surface area contributed by atoms with Gasteiger partial charge in [0.25, 0.3) is 0 Å². The summed E-state index contributed by atoms with van der Waals surface area (Å²) in [6, 6.07) is 0. The van der Waals surface area contributed by atoms with Crippen molar-refractivity contribution in [3.8, 4) is 0 Å². The third-order valence-corrected chi connectivity index (χ3v) is 6.41. The van der Waals surface area contributed by atoms with Crippen molar-refractivity contribution in [1.82, 2.24) is 0 Å². The lowest BCUT2D eigenvalue weighted by atomic mass is 9.70. The van der Waals surface area contributed by atoms with E-state index in [0.29, 0.717) is 51.4 Å². The average molecular weight is 395 g/mol. The van der Waals surface area contributed by atoms with Gasteiger partial charge in [-0.25, -0.2) is 19.4 Å². The van der Waals surface area contributed by atoms with E-state index in [1.165, 1.54) is 0 Å². The van der Waals surface area contributed by atoms with Crippen LogP contribution in [0.5, 0.6) is 0 Å². The molecule has 0 aromatic carbocycles. The smallest absolute Gasteiger partial charge is 0.298 e. The maximum Gasteiger partial charge on any atom is 0.369 e. The van der Waals surface area contributed by atoms with Gasteiger partial charge in [0.1, 0.15) is 22.4 Å². The highest BCUT2D eigenvalue weighted by atomic mass is 17.2. The van der Waals surface area contributed by atoms with Crippen molar-refractivity contribution in [2.45, 2.75) is 104 Å². The predicted octanol–water partition coefficient (Wildman–Crippen LogP) is 4.63. The first-order valence-corrected chi connectivity index (χ1v) is 10.9. The quantitative estimate of drug-likeness (QED) is 0.339. The summed E-state index contributed by atoms with van der Waals surface area (Å²) in [5.41, 5.74) is -2.41. The highest BCUT2D eigenvalue weighted by Gasteiger charge is 2.51. The molecule has 0 aromatic rings. The lowest BCUT2D eigenvalue weighted by Crippen LogP contribution is -2.45. The van der Waals surface area contributed by atoms with Crippen LogP contribution < -0.4 is 0 Å². The molecule has 158 valence electrons. The highest BCUT2D eigenvalue weighted by molar-refractivity contribution is 6.05. The molecule has 0 unspecified atom stereocenters. The second kappa shape index (κ2) is 10.2. The molecule has 0 atom stereocenters. The molecule has 2 aliphatic carbocycles. The van der Waals surface area contributed by atoms with Gasteiger partial charge in [-0.05, 0) is 38.5 Å². The Bertz CT molecular complexity index is 530. The van der Waals surface area contributed by atoms with E-state index in [4.69, 9.17) is 9.78 Å². The summed E-state index contributed by atoms with van der Waals surface area (Å²) >= 11 is 0. The first kappa shape index (κ1) is 22.6. The van der Waals surface area contributed by atoms with E-state index in [1.807, 2.05) is 13.8 Å². The molecule has 0 N–H and O–H groups in total. The van der Waals surface area contributed by atoms with Crippen LogP contribution in [0.3, 0.4) is 0 Å². The second-order valence-corrected chi connectivity index (χ2v) is 8.37. The van der Waals surface area contributed by atoms with Crippen molar-refractivity contribution in [3.05, 3.63) is 0 Å². The average Bonchev–Trinajstić information content (AvgIpc) is 2.73. The Labute approximate surface area is 167 Å². The molecule has 0 saturated heterocycles. The van der Waals surface area contributed by atoms with E-state index in [9.17, 15) is 19.2 Å². The zero-order chi connectivity index (χ0) is 20.6. The van der Waals surface area contributed by atoms with Gasteiger partial charge in [-0.1, -0.05) is 52.4 Å². The minimum Gasteiger partial charge on any atom is -0.298 e. The number of Topliss-reactive ketones (excluding diaryl/α,β-unsaturated/α-hetero) is 2. The molecule has 2 fully saturated rings. The lowest BCUT2D eigenvalue weighted by molar-refractivity contribution is -0.273. The van der Waals surface area contributed by atoms with Crippen LogP contribution in [0, 0.1) is 10.8 Å². The van der Waals surface area contributed by atoms with E-state index < -0.39 is 22.8 Å². The standard InChI is InChI=1S/C22H34O6/c1-3-11-17(23)21(13-7-5-8-14-21)19(25)27-28-20(26)22(18(24)12-4-2)15-9-6-10-16-22/h3-16H2,1-2H3. The van der Waals surface area contributed by atoms with Crippen LogP contribution in [0.1, 0.15) is 104 Å². The number of carbonyl (C=O) groups is 4. The first-order chi connectivity index (χ1) is 13.4. The Hall–Kier alpha value is -1.72. The Morgan fingerprint density at radius 1 is 0.607 bits per heavy atom. The minimum absolute atomic E-state index is 0.134. The van der Waals surface area contributed by atoms with Gasteiger partial charge < -0.3 is 0 Å². The summed E-state index contributed by atoms with van der Waals surface area (Å²) in [7, 11) is 0. The van der Waals surface area contributed by atoms with Crippen LogP contribution in [-0.4, -0.2) is 23.5 Å². The van der Waals surface area contributed by atoms with E-state index in [0.717, 1.165) is 38.5 Å². The maximum atomic E-state index is 12.8. The molecule has 2 aliphatic rings. The molecule has 6 heteroatoms. The van der Waals surface area contributed by atoms with Crippen LogP contribution in [0.15, 0.2) is 0 Å². The predicted molar refractivity (Wildman–Crippen MR) is 103 cm³/mol. The molecule has 6 nitrogen and oxygen atoms in total. The SMILES string of the molecule is CCCC(=O)C1(C(=O)OOC(=O)C2(C(=O)CCC)CCCCC2)CCCCC1. The fraction of sp³-hybridized carbons (Fsp3) is 0.818. The summed E-state index contributed by atoms with van der Waals surface area (Å²) in [5.74, 6) is -1.81. The monoisotopic (exact) mass is 394 g/mol. The van der Waals surface area contributed by atoms with Crippen molar-refractivity contribution in [3.63, 3.8) is 0 Å². The Morgan fingerprint density at radius 2 is 0.929 bits per heavy atom. The molecule has 0 spiro atoms. The Morgan fingerprint density at radius 3 is 1.21 bits per heavy atom. The van der Waals surface area contributed by atoms with Crippen molar-refractivity contribution in [2.24, 2.45) is 10.8 Å². The van der Waals surface area contributed by atoms with Crippen molar-refractivity contribution >= 4 is 23.5 Å². The van der Waals surface area contributed by atoms with Gasteiger partial charge in [0.05, 0.1) is 0 Å². The molecule has 28 heavy (non-hydrogen) atoms. The zero-order valence-corrected chi connectivity index (χ0v) is 17.3. The maximum absolute atomic E-state index is 12.8. The molecule has 0 aromatic heterocycles. The van der Waals surface area contributed by atoms with Gasteiger partial charge in [0.15, 0.2) is 0 Å².